The maximum absolute atomic E-state index is 13.5. The van der Waals surface area contributed by atoms with E-state index in [1.165, 1.54) is 13.2 Å². The number of carbonyl (C=O) groups excluding carboxylic acids is 1. The molecule has 18 heavy (non-hydrogen) atoms. The molecule has 0 fully saturated rings. The highest BCUT2D eigenvalue weighted by molar-refractivity contribution is 5.88. The molecule has 0 aliphatic heterocycles. The molecule has 3 nitrogen and oxygen atoms in total. The molecule has 0 amide bonds. The average Bonchev–Trinajstić information content (AvgIpc) is 2.36. The predicted molar refractivity (Wildman–Crippen MR) is 70.0 cm³/mol. The first-order valence-electron chi connectivity index (χ1n) is 5.85. The summed E-state index contributed by atoms with van der Waals surface area (Å²) in [4.78, 5) is 11.3. The Balaban J connectivity index is 2.65. The van der Waals surface area contributed by atoms with Crippen LogP contribution in [0.2, 0.25) is 0 Å². The number of halogens is 1. The lowest BCUT2D eigenvalue weighted by Crippen LogP contribution is -2.07. The molecule has 0 spiro atoms. The molecule has 1 N–H and O–H groups in total. The molecule has 0 atom stereocenters. The normalized spacial score (nSPS) is 11.2. The summed E-state index contributed by atoms with van der Waals surface area (Å²) in [6.07, 6.45) is 2.30. The molecule has 4 heteroatoms. The minimum Gasteiger partial charge on any atom is -0.466 e. The standard InChI is InChI=1S/C14H18FNO2/c1-4-11(14(17)18-3)7-8-16-13-6-5-10(2)9-12(13)15/h5-7,9,16H,4,8H2,1-3H3/b11-7-. The van der Waals surface area contributed by atoms with Crippen molar-refractivity contribution in [3.63, 3.8) is 0 Å². The number of aryl methyl sites for hydroxylation is 1. The third-order valence-electron chi connectivity index (χ3n) is 2.59. The third kappa shape index (κ3) is 3.87. The van der Waals surface area contributed by atoms with Gasteiger partial charge in [0.15, 0.2) is 0 Å². The fourth-order valence-corrected chi connectivity index (χ4v) is 1.55. The summed E-state index contributed by atoms with van der Waals surface area (Å²) in [6.45, 7) is 4.09. The second kappa shape index (κ2) is 6.79. The van der Waals surface area contributed by atoms with Crippen molar-refractivity contribution >= 4 is 11.7 Å². The number of benzene rings is 1. The Bertz CT molecular complexity index is 455. The molecular formula is C14H18FNO2. The van der Waals surface area contributed by atoms with Crippen LogP contribution >= 0.6 is 0 Å². The number of hydrogen-bond donors (Lipinski definition) is 1. The van der Waals surface area contributed by atoms with Gasteiger partial charge in [0.1, 0.15) is 5.82 Å². The van der Waals surface area contributed by atoms with Crippen molar-refractivity contribution in [2.24, 2.45) is 0 Å². The second-order valence-corrected chi connectivity index (χ2v) is 3.94. The topological polar surface area (TPSA) is 38.3 Å². The minimum absolute atomic E-state index is 0.292. The fraction of sp³-hybridized carbons (Fsp3) is 0.357. The highest BCUT2D eigenvalue weighted by atomic mass is 19.1. The van der Waals surface area contributed by atoms with E-state index < -0.39 is 0 Å². The van der Waals surface area contributed by atoms with Crippen molar-refractivity contribution in [2.75, 3.05) is 19.0 Å². The van der Waals surface area contributed by atoms with Gasteiger partial charge in [0, 0.05) is 12.1 Å². The first-order valence-corrected chi connectivity index (χ1v) is 5.85. The van der Waals surface area contributed by atoms with E-state index in [2.05, 4.69) is 10.1 Å². The Kier molecular flexibility index (Phi) is 5.36. The molecule has 0 aliphatic carbocycles. The van der Waals surface area contributed by atoms with E-state index in [1.807, 2.05) is 19.9 Å². The molecule has 0 aromatic heterocycles. The van der Waals surface area contributed by atoms with Crippen molar-refractivity contribution in [3.05, 3.63) is 41.2 Å². The van der Waals surface area contributed by atoms with E-state index >= 15 is 0 Å². The SMILES string of the molecule is CC/C(=C/CNc1ccc(C)cc1F)C(=O)OC. The third-order valence-corrected chi connectivity index (χ3v) is 2.59. The van der Waals surface area contributed by atoms with E-state index in [0.717, 1.165) is 5.56 Å². The smallest absolute Gasteiger partial charge is 0.333 e. The molecule has 0 saturated heterocycles. The molecule has 1 aromatic carbocycles. The molecule has 0 unspecified atom stereocenters. The maximum Gasteiger partial charge on any atom is 0.333 e. The van der Waals surface area contributed by atoms with Crippen LogP contribution in [0.1, 0.15) is 18.9 Å². The number of anilines is 1. The van der Waals surface area contributed by atoms with Crippen molar-refractivity contribution in [1.29, 1.82) is 0 Å². The van der Waals surface area contributed by atoms with Gasteiger partial charge in [0.2, 0.25) is 0 Å². The zero-order valence-electron chi connectivity index (χ0n) is 10.9. The van der Waals surface area contributed by atoms with Crippen LogP contribution < -0.4 is 5.32 Å². The predicted octanol–water partition coefficient (Wildman–Crippen LogP) is 3.06. The van der Waals surface area contributed by atoms with E-state index in [4.69, 9.17) is 0 Å². The van der Waals surface area contributed by atoms with Crippen LogP contribution in [0, 0.1) is 12.7 Å². The number of ether oxygens (including phenoxy) is 1. The lowest BCUT2D eigenvalue weighted by atomic mass is 10.2. The summed E-state index contributed by atoms with van der Waals surface area (Å²) < 4.78 is 18.1. The molecular weight excluding hydrogens is 233 g/mol. The highest BCUT2D eigenvalue weighted by Crippen LogP contribution is 2.15. The van der Waals surface area contributed by atoms with Gasteiger partial charge in [-0.2, -0.15) is 0 Å². The Morgan fingerprint density at radius 1 is 1.50 bits per heavy atom. The molecule has 0 bridgehead atoms. The highest BCUT2D eigenvalue weighted by Gasteiger charge is 2.06. The molecule has 1 rings (SSSR count). The molecule has 0 radical (unpaired) electrons. The number of carbonyl (C=O) groups is 1. The maximum atomic E-state index is 13.5. The quantitative estimate of drug-likeness (QED) is 0.645. The minimum atomic E-state index is -0.344. The van der Waals surface area contributed by atoms with Crippen LogP contribution in [0.5, 0.6) is 0 Å². The van der Waals surface area contributed by atoms with Gasteiger partial charge in [-0.15, -0.1) is 0 Å². The average molecular weight is 251 g/mol. The van der Waals surface area contributed by atoms with Gasteiger partial charge in [0.25, 0.3) is 0 Å². The number of methoxy groups -OCH3 is 1. The largest absolute Gasteiger partial charge is 0.466 e. The Morgan fingerprint density at radius 2 is 2.22 bits per heavy atom. The first kappa shape index (κ1) is 14.2. The number of hydrogen-bond acceptors (Lipinski definition) is 3. The summed E-state index contributed by atoms with van der Waals surface area (Å²) in [5.74, 6) is -0.636. The molecule has 98 valence electrons. The van der Waals surface area contributed by atoms with Crippen molar-refractivity contribution in [2.45, 2.75) is 20.3 Å². The zero-order valence-corrected chi connectivity index (χ0v) is 10.9. The van der Waals surface area contributed by atoms with E-state index in [1.54, 1.807) is 12.1 Å². The van der Waals surface area contributed by atoms with Crippen LogP contribution in [0.3, 0.4) is 0 Å². The van der Waals surface area contributed by atoms with E-state index in [-0.39, 0.29) is 11.8 Å². The van der Waals surface area contributed by atoms with Crippen molar-refractivity contribution < 1.29 is 13.9 Å². The van der Waals surface area contributed by atoms with Crippen LogP contribution in [-0.2, 0) is 9.53 Å². The molecule has 1 aromatic rings. The molecule has 0 heterocycles. The summed E-state index contributed by atoms with van der Waals surface area (Å²) in [6, 6.07) is 4.98. The Morgan fingerprint density at radius 3 is 2.78 bits per heavy atom. The van der Waals surface area contributed by atoms with Gasteiger partial charge < -0.3 is 10.1 Å². The van der Waals surface area contributed by atoms with Gasteiger partial charge in [-0.05, 0) is 31.0 Å². The van der Waals surface area contributed by atoms with Crippen molar-refractivity contribution in [3.8, 4) is 0 Å². The lowest BCUT2D eigenvalue weighted by Gasteiger charge is -2.07. The lowest BCUT2D eigenvalue weighted by molar-refractivity contribution is -0.136. The van der Waals surface area contributed by atoms with Gasteiger partial charge in [-0.3, -0.25) is 0 Å². The van der Waals surface area contributed by atoms with E-state index in [9.17, 15) is 9.18 Å². The molecule has 0 aliphatic rings. The van der Waals surface area contributed by atoms with E-state index in [0.29, 0.717) is 24.2 Å². The van der Waals surface area contributed by atoms with Crippen molar-refractivity contribution in [1.82, 2.24) is 0 Å². The van der Waals surface area contributed by atoms with Gasteiger partial charge in [-0.1, -0.05) is 19.1 Å². The summed E-state index contributed by atoms with van der Waals surface area (Å²) in [5, 5.41) is 2.92. The zero-order chi connectivity index (χ0) is 13.5. The first-order chi connectivity index (χ1) is 8.58. The second-order valence-electron chi connectivity index (χ2n) is 3.94. The number of nitrogens with one attached hydrogen (secondary N) is 1. The summed E-state index contributed by atoms with van der Waals surface area (Å²) in [5.41, 5.74) is 1.88. The van der Waals surface area contributed by atoms with Crippen LogP contribution in [-0.4, -0.2) is 19.6 Å². The summed E-state index contributed by atoms with van der Waals surface area (Å²) in [7, 11) is 1.35. The fourth-order valence-electron chi connectivity index (χ4n) is 1.55. The number of esters is 1. The number of rotatable bonds is 5. The summed E-state index contributed by atoms with van der Waals surface area (Å²) >= 11 is 0. The monoisotopic (exact) mass is 251 g/mol. The Labute approximate surface area is 107 Å². The van der Waals surface area contributed by atoms with Gasteiger partial charge >= 0.3 is 5.97 Å². The van der Waals surface area contributed by atoms with Gasteiger partial charge in [0.05, 0.1) is 12.8 Å². The van der Waals surface area contributed by atoms with Crippen LogP contribution in [0.25, 0.3) is 0 Å². The molecule has 0 saturated carbocycles. The Hall–Kier alpha value is -1.84. The van der Waals surface area contributed by atoms with Gasteiger partial charge in [-0.25, -0.2) is 9.18 Å². The van der Waals surface area contributed by atoms with Crippen LogP contribution in [0.4, 0.5) is 10.1 Å². The van der Waals surface area contributed by atoms with Crippen LogP contribution in [0.15, 0.2) is 29.8 Å².